The quantitative estimate of drug-likeness (QED) is 0.167. The number of fused-ring (bicyclic) bond motifs is 2. The molecule has 5 aromatic rings. The third-order valence-corrected chi connectivity index (χ3v) is 9.62. The molecule has 0 aliphatic heterocycles. The number of carbonyl (C=O) groups excluding carboxylic acids is 1. The van der Waals surface area contributed by atoms with E-state index in [4.69, 9.17) is 36.0 Å². The molecule has 1 saturated carbocycles. The summed E-state index contributed by atoms with van der Waals surface area (Å²) in [5, 5.41) is 1.42. The van der Waals surface area contributed by atoms with Crippen molar-refractivity contribution in [2.24, 2.45) is 7.05 Å². The third kappa shape index (κ3) is 6.00. The van der Waals surface area contributed by atoms with Crippen molar-refractivity contribution >= 4 is 50.3 Å². The number of ether oxygens (including phenoxy) is 2. The van der Waals surface area contributed by atoms with Crippen molar-refractivity contribution in [3.05, 3.63) is 64.4 Å². The number of hydrogen-bond acceptors (Lipinski definition) is 7. The topological polar surface area (TPSA) is 79.1 Å². The Kier molecular flexibility index (Phi) is 8.52. The van der Waals surface area contributed by atoms with Crippen LogP contribution in [-0.4, -0.2) is 37.7 Å². The molecule has 3 aromatic heterocycles. The van der Waals surface area contributed by atoms with Gasteiger partial charge in [0.2, 0.25) is 0 Å². The van der Waals surface area contributed by atoms with E-state index < -0.39 is 17.7 Å². The summed E-state index contributed by atoms with van der Waals surface area (Å²) in [5.74, 6) is 0.0946. The van der Waals surface area contributed by atoms with Gasteiger partial charge in [-0.25, -0.2) is 19.7 Å². The number of aromatic nitrogens is 4. The fraction of sp³-hybridized carbons (Fsp3) is 0.429. The van der Waals surface area contributed by atoms with Crippen molar-refractivity contribution in [2.45, 2.75) is 84.3 Å². The predicted octanol–water partition coefficient (Wildman–Crippen LogP) is 9.34. The van der Waals surface area contributed by atoms with Crippen molar-refractivity contribution in [1.82, 2.24) is 19.5 Å². The Balaban J connectivity index is 1.55. The highest BCUT2D eigenvalue weighted by Crippen LogP contribution is 2.45. The molecule has 0 spiro atoms. The fourth-order valence-corrected chi connectivity index (χ4v) is 7.54. The van der Waals surface area contributed by atoms with Crippen LogP contribution in [0.15, 0.2) is 42.7 Å². The second-order valence-electron chi connectivity index (χ2n) is 12.7. The summed E-state index contributed by atoms with van der Waals surface area (Å²) in [6.45, 7) is 9.90. The highest BCUT2D eigenvalue weighted by atomic mass is 35.5. The van der Waals surface area contributed by atoms with Crippen LogP contribution in [0.3, 0.4) is 0 Å². The van der Waals surface area contributed by atoms with Gasteiger partial charge in [0.1, 0.15) is 16.2 Å². The lowest BCUT2D eigenvalue weighted by Crippen LogP contribution is -2.29. The largest absolute Gasteiger partial charge is 0.464 e. The number of halogens is 1. The summed E-state index contributed by atoms with van der Waals surface area (Å²) >= 11 is 7.86. The minimum absolute atomic E-state index is 0.259. The van der Waals surface area contributed by atoms with Gasteiger partial charge in [0.05, 0.1) is 28.6 Å². The lowest BCUT2D eigenvalue weighted by molar-refractivity contribution is -0.166. The molecule has 2 aromatic carbocycles. The predicted molar refractivity (Wildman–Crippen MR) is 178 cm³/mol. The van der Waals surface area contributed by atoms with Gasteiger partial charge in [0.25, 0.3) is 0 Å². The molecule has 230 valence electrons. The summed E-state index contributed by atoms with van der Waals surface area (Å²) in [4.78, 5) is 28.6. The molecule has 0 bridgehead atoms. The van der Waals surface area contributed by atoms with Crippen LogP contribution in [0.25, 0.3) is 43.2 Å². The van der Waals surface area contributed by atoms with Crippen LogP contribution < -0.4 is 0 Å². The zero-order valence-electron chi connectivity index (χ0n) is 26.2. The van der Waals surface area contributed by atoms with E-state index in [1.165, 1.54) is 37.7 Å². The minimum atomic E-state index is -0.922. The molecule has 7 nitrogen and oxygen atoms in total. The van der Waals surface area contributed by atoms with E-state index in [0.29, 0.717) is 10.9 Å². The van der Waals surface area contributed by atoms with Crippen LogP contribution in [0.4, 0.5) is 0 Å². The van der Waals surface area contributed by atoms with Crippen LogP contribution in [-0.2, 0) is 21.3 Å². The van der Waals surface area contributed by atoms with Gasteiger partial charge in [-0.15, -0.1) is 11.3 Å². The molecular formula is C35H39ClN4O3S. The van der Waals surface area contributed by atoms with E-state index in [9.17, 15) is 4.79 Å². The highest BCUT2D eigenvalue weighted by molar-refractivity contribution is 7.22. The first-order valence-corrected chi connectivity index (χ1v) is 16.6. The number of rotatable bonds is 7. The van der Waals surface area contributed by atoms with E-state index in [1.807, 2.05) is 78.2 Å². The second-order valence-corrected chi connectivity index (χ2v) is 14.1. The summed E-state index contributed by atoms with van der Waals surface area (Å²) in [5.41, 5.74) is 7.61. The van der Waals surface area contributed by atoms with Gasteiger partial charge in [0, 0.05) is 35.0 Å². The highest BCUT2D eigenvalue weighted by Gasteiger charge is 2.34. The molecule has 0 radical (unpaired) electrons. The first kappa shape index (κ1) is 30.7. The fourth-order valence-electron chi connectivity index (χ4n) is 6.34. The number of benzene rings is 2. The van der Waals surface area contributed by atoms with Crippen molar-refractivity contribution < 1.29 is 14.3 Å². The Bertz CT molecular complexity index is 1830. The van der Waals surface area contributed by atoms with Crippen molar-refractivity contribution in [1.29, 1.82) is 0 Å². The molecule has 1 aliphatic carbocycles. The molecule has 0 amide bonds. The van der Waals surface area contributed by atoms with Gasteiger partial charge in [-0.05, 0) is 82.7 Å². The molecular weight excluding hydrogens is 592 g/mol. The number of esters is 1. The number of thiazole rings is 1. The summed E-state index contributed by atoms with van der Waals surface area (Å²) < 4.78 is 15.0. The summed E-state index contributed by atoms with van der Waals surface area (Å²) in [6, 6.07) is 9.71. The Morgan fingerprint density at radius 1 is 1.14 bits per heavy atom. The van der Waals surface area contributed by atoms with Gasteiger partial charge < -0.3 is 14.0 Å². The van der Waals surface area contributed by atoms with Crippen molar-refractivity contribution in [2.75, 3.05) is 6.61 Å². The Labute approximate surface area is 267 Å². The minimum Gasteiger partial charge on any atom is -0.464 e. The monoisotopic (exact) mass is 630 g/mol. The Hall–Kier alpha value is -3.33. The average Bonchev–Trinajstić information content (AvgIpc) is 3.56. The smallest absolute Gasteiger partial charge is 0.339 e. The Morgan fingerprint density at radius 3 is 2.55 bits per heavy atom. The first-order valence-electron chi connectivity index (χ1n) is 15.4. The first-order chi connectivity index (χ1) is 21.0. The number of aryl methyl sites for hydroxylation is 2. The maximum absolute atomic E-state index is 13.5. The zero-order chi connectivity index (χ0) is 31.2. The number of nitrogens with zero attached hydrogens (tertiary/aromatic N) is 4. The van der Waals surface area contributed by atoms with Crippen molar-refractivity contribution in [3.63, 3.8) is 0 Å². The van der Waals surface area contributed by atoms with Crippen molar-refractivity contribution in [3.8, 4) is 21.8 Å². The van der Waals surface area contributed by atoms with Crippen LogP contribution in [0, 0.1) is 6.92 Å². The van der Waals surface area contributed by atoms with Gasteiger partial charge in [-0.3, -0.25) is 0 Å². The Morgan fingerprint density at radius 2 is 1.86 bits per heavy atom. The maximum atomic E-state index is 13.5. The van der Waals surface area contributed by atoms with Crippen LogP contribution in [0.2, 0.25) is 5.02 Å². The second kappa shape index (κ2) is 12.2. The molecule has 1 atom stereocenters. The molecule has 6 rings (SSSR count). The van der Waals surface area contributed by atoms with E-state index in [2.05, 4.69) is 10.8 Å². The van der Waals surface area contributed by atoms with E-state index in [0.717, 1.165) is 54.3 Å². The summed E-state index contributed by atoms with van der Waals surface area (Å²) in [6.07, 6.45) is 9.31. The molecule has 1 fully saturated rings. The molecule has 1 aliphatic rings. The molecule has 3 heterocycles. The SMILES string of the molecule is CCOC(=O)[C@@H](OC(C)(C)C)c1c(C)cc2nc(-c3cnc4c(n3)c(C3CCCCC3)cn4C)sc2c1-c1ccc(Cl)cc1. The molecule has 0 saturated heterocycles. The molecule has 9 heteroatoms. The standard InChI is InChI=1S/C35H39ClN4O3S/c1-7-42-34(41)30(43-35(3,4)5)27-20(2)17-25-31(28(27)22-13-15-23(36)16-14-22)44-33(39-25)26-18-37-32-29(38-26)24(19-40(32)6)21-11-9-8-10-12-21/h13-19,21,30H,7-12H2,1-6H3/t30-/m0/s1. The molecule has 44 heavy (non-hydrogen) atoms. The summed E-state index contributed by atoms with van der Waals surface area (Å²) in [7, 11) is 2.04. The third-order valence-electron chi connectivity index (χ3n) is 8.25. The van der Waals surface area contributed by atoms with Crippen LogP contribution in [0.5, 0.6) is 0 Å². The zero-order valence-corrected chi connectivity index (χ0v) is 27.8. The normalized spacial score (nSPS) is 15.2. The van der Waals surface area contributed by atoms with Crippen LogP contribution >= 0.6 is 22.9 Å². The van der Waals surface area contributed by atoms with Gasteiger partial charge in [-0.1, -0.05) is 43.0 Å². The molecule has 0 N–H and O–H groups in total. The van der Waals surface area contributed by atoms with E-state index in [-0.39, 0.29) is 6.61 Å². The van der Waals surface area contributed by atoms with E-state index >= 15 is 0 Å². The van der Waals surface area contributed by atoms with E-state index in [1.54, 1.807) is 11.3 Å². The number of carbonyl (C=O) groups is 1. The molecule has 0 unspecified atom stereocenters. The van der Waals surface area contributed by atoms with Crippen LogP contribution in [0.1, 0.15) is 88.5 Å². The average molecular weight is 631 g/mol. The van der Waals surface area contributed by atoms with Gasteiger partial charge >= 0.3 is 5.97 Å². The maximum Gasteiger partial charge on any atom is 0.339 e. The number of hydrogen-bond donors (Lipinski definition) is 0. The lowest BCUT2D eigenvalue weighted by atomic mass is 9.85. The van der Waals surface area contributed by atoms with Gasteiger partial charge in [0.15, 0.2) is 11.8 Å². The van der Waals surface area contributed by atoms with Gasteiger partial charge in [-0.2, -0.15) is 0 Å². The lowest BCUT2D eigenvalue weighted by Gasteiger charge is -2.29.